The Kier molecular flexibility index (Phi) is 4.74. The summed E-state index contributed by atoms with van der Waals surface area (Å²) in [6, 6.07) is 27.9. The van der Waals surface area contributed by atoms with Crippen LogP contribution in [0.2, 0.25) is 5.15 Å². The van der Waals surface area contributed by atoms with Crippen LogP contribution in [-0.2, 0) is 13.0 Å². The van der Waals surface area contributed by atoms with Crippen LogP contribution >= 0.6 is 23.4 Å². The molecule has 31 heavy (non-hydrogen) atoms. The number of aromatic nitrogens is 1. The number of hydrogen-bond donors (Lipinski definition) is 0. The van der Waals surface area contributed by atoms with Crippen molar-refractivity contribution in [3.05, 3.63) is 106 Å². The minimum atomic E-state index is 0.757. The number of anilines is 1. The fourth-order valence-electron chi connectivity index (χ4n) is 4.72. The Bertz CT molecular complexity index is 1330. The molecule has 0 amide bonds. The van der Waals surface area contributed by atoms with Crippen molar-refractivity contribution in [3.8, 4) is 0 Å². The monoisotopic (exact) mass is 441 g/mol. The average Bonchev–Trinajstić information content (AvgIpc) is 3.16. The fraction of sp³-hybridized carbons (Fsp3) is 0.148. The molecule has 0 radical (unpaired) electrons. The van der Waals surface area contributed by atoms with Gasteiger partial charge in [-0.05, 0) is 53.8 Å². The second-order valence-corrected chi connectivity index (χ2v) is 9.56. The Labute approximate surface area is 191 Å². The lowest BCUT2D eigenvalue weighted by atomic mass is 10.0. The molecule has 0 saturated carbocycles. The van der Waals surface area contributed by atoms with Gasteiger partial charge in [0.15, 0.2) is 6.54 Å². The molecule has 0 aliphatic carbocycles. The van der Waals surface area contributed by atoms with E-state index in [1.807, 2.05) is 17.8 Å². The van der Waals surface area contributed by atoms with E-state index in [9.17, 15) is 0 Å². The van der Waals surface area contributed by atoms with Crippen molar-refractivity contribution in [1.82, 2.24) is 0 Å². The third kappa shape index (κ3) is 3.33. The van der Waals surface area contributed by atoms with E-state index in [-0.39, 0.29) is 0 Å². The zero-order valence-electron chi connectivity index (χ0n) is 17.1. The number of halogens is 1. The molecule has 0 unspecified atom stereocenters. The van der Waals surface area contributed by atoms with Crippen molar-refractivity contribution in [1.29, 1.82) is 0 Å². The molecule has 0 spiro atoms. The number of para-hydroxylation sites is 2. The Morgan fingerprint density at radius 3 is 2.71 bits per heavy atom. The molecule has 0 bridgehead atoms. The Balaban J connectivity index is 1.46. The molecule has 0 saturated heterocycles. The molecule has 4 aromatic rings. The highest BCUT2D eigenvalue weighted by atomic mass is 35.5. The third-order valence-electron chi connectivity index (χ3n) is 6.16. The van der Waals surface area contributed by atoms with Gasteiger partial charge < -0.3 is 4.90 Å². The summed E-state index contributed by atoms with van der Waals surface area (Å²) in [5.74, 6) is 0. The van der Waals surface area contributed by atoms with Gasteiger partial charge in [-0.2, -0.15) is 4.57 Å². The first-order valence-electron chi connectivity index (χ1n) is 10.7. The standard InChI is InChI=1S/C27H22ClN2S/c28-25-16-21(17-26-29-15-7-11-20-10-6-14-24(31-26)27(20)29)22-12-4-5-13-23(22)30(25)18-19-8-2-1-3-9-19/h1-6,8-10,12-14,16-17H,7,11,15,18H2/q+1. The average molecular weight is 442 g/mol. The van der Waals surface area contributed by atoms with E-state index in [1.165, 1.54) is 50.5 Å². The smallest absolute Gasteiger partial charge is 0.276 e. The largest absolute Gasteiger partial charge is 0.335 e. The summed E-state index contributed by atoms with van der Waals surface area (Å²) < 4.78 is 2.20. The lowest BCUT2D eigenvalue weighted by molar-refractivity contribution is -0.660. The van der Waals surface area contributed by atoms with E-state index in [4.69, 9.17) is 11.6 Å². The highest BCUT2D eigenvalue weighted by molar-refractivity contribution is 8.03. The number of rotatable bonds is 3. The Morgan fingerprint density at radius 1 is 0.968 bits per heavy atom. The number of benzene rings is 3. The van der Waals surface area contributed by atoms with Gasteiger partial charge in [0.2, 0.25) is 5.52 Å². The second kappa shape index (κ2) is 7.74. The van der Waals surface area contributed by atoms with Gasteiger partial charge in [0.25, 0.3) is 5.15 Å². The number of aryl methyl sites for hydroxylation is 1. The minimum Gasteiger partial charge on any atom is -0.335 e. The third-order valence-corrected chi connectivity index (χ3v) is 7.57. The molecule has 4 heteroatoms. The predicted octanol–water partition coefficient (Wildman–Crippen LogP) is 6.69. The molecule has 0 fully saturated rings. The first-order valence-corrected chi connectivity index (χ1v) is 11.9. The van der Waals surface area contributed by atoms with Gasteiger partial charge in [0.1, 0.15) is 0 Å². The van der Waals surface area contributed by atoms with Crippen LogP contribution < -0.4 is 9.47 Å². The summed E-state index contributed by atoms with van der Waals surface area (Å²) in [7, 11) is 0. The van der Waals surface area contributed by atoms with Gasteiger partial charge in [-0.3, -0.25) is 0 Å². The minimum absolute atomic E-state index is 0.757. The lowest BCUT2D eigenvalue weighted by Crippen LogP contribution is -2.36. The van der Waals surface area contributed by atoms with Gasteiger partial charge in [0, 0.05) is 29.1 Å². The summed E-state index contributed by atoms with van der Waals surface area (Å²) in [5.41, 5.74) is 6.46. The van der Waals surface area contributed by atoms with E-state index < -0.39 is 0 Å². The van der Waals surface area contributed by atoms with E-state index >= 15 is 0 Å². The molecule has 6 rings (SSSR count). The van der Waals surface area contributed by atoms with Crippen LogP contribution in [0.1, 0.15) is 23.1 Å². The van der Waals surface area contributed by atoms with Gasteiger partial charge in [-0.15, -0.1) is 0 Å². The lowest BCUT2D eigenvalue weighted by Gasteiger charge is -2.27. The zero-order valence-corrected chi connectivity index (χ0v) is 18.7. The van der Waals surface area contributed by atoms with E-state index in [1.54, 1.807) is 0 Å². The zero-order chi connectivity index (χ0) is 20.8. The summed E-state index contributed by atoms with van der Waals surface area (Å²) >= 11 is 8.73. The van der Waals surface area contributed by atoms with E-state index in [0.717, 1.165) is 23.8 Å². The topological polar surface area (TPSA) is 7.12 Å². The van der Waals surface area contributed by atoms with Crippen LogP contribution in [0.15, 0.2) is 88.8 Å². The Hall–Kier alpha value is -2.75. The number of thioether (sulfide) groups is 1. The highest BCUT2D eigenvalue weighted by Gasteiger charge is 2.30. The summed E-state index contributed by atoms with van der Waals surface area (Å²) in [6.07, 6.45) is 4.69. The molecule has 2 aliphatic heterocycles. The highest BCUT2D eigenvalue weighted by Crippen LogP contribution is 2.50. The molecule has 2 nitrogen and oxygen atoms in total. The van der Waals surface area contributed by atoms with Gasteiger partial charge >= 0.3 is 0 Å². The van der Waals surface area contributed by atoms with Crippen molar-refractivity contribution in [3.63, 3.8) is 0 Å². The molecule has 152 valence electrons. The summed E-state index contributed by atoms with van der Waals surface area (Å²) in [5, 5.41) is 3.28. The molecule has 3 aromatic carbocycles. The predicted molar refractivity (Wildman–Crippen MR) is 131 cm³/mol. The van der Waals surface area contributed by atoms with Gasteiger partial charge in [-0.1, -0.05) is 66.4 Å². The van der Waals surface area contributed by atoms with Crippen LogP contribution in [0.3, 0.4) is 0 Å². The molecule has 0 atom stereocenters. The fourth-order valence-corrected chi connectivity index (χ4v) is 6.18. The first kappa shape index (κ1) is 19.0. The molecule has 0 N–H and O–H groups in total. The molecule has 3 heterocycles. The molecular formula is C27H22ClN2S+. The maximum Gasteiger partial charge on any atom is 0.276 e. The van der Waals surface area contributed by atoms with Crippen molar-refractivity contribution in [2.45, 2.75) is 24.3 Å². The number of hydrogen-bond acceptors (Lipinski definition) is 2. The van der Waals surface area contributed by atoms with Crippen LogP contribution in [0, 0.1) is 0 Å². The number of nitrogens with zero attached hydrogens (tertiary/aromatic N) is 2. The van der Waals surface area contributed by atoms with Crippen LogP contribution in [0.5, 0.6) is 0 Å². The normalized spacial score (nSPS) is 16.2. The summed E-state index contributed by atoms with van der Waals surface area (Å²) in [4.78, 5) is 3.86. The van der Waals surface area contributed by atoms with E-state index in [2.05, 4.69) is 88.3 Å². The Morgan fingerprint density at radius 2 is 1.81 bits per heavy atom. The van der Waals surface area contributed by atoms with Gasteiger partial charge in [0.05, 0.1) is 16.1 Å². The van der Waals surface area contributed by atoms with Crippen LogP contribution in [-0.4, -0.2) is 6.54 Å². The summed E-state index contributed by atoms with van der Waals surface area (Å²) in [6.45, 7) is 1.84. The van der Waals surface area contributed by atoms with Crippen molar-refractivity contribution in [2.24, 2.45) is 0 Å². The molecule has 2 aliphatic rings. The quantitative estimate of drug-likeness (QED) is 0.258. The van der Waals surface area contributed by atoms with Crippen molar-refractivity contribution >= 4 is 46.0 Å². The maximum atomic E-state index is 6.85. The number of pyridine rings is 1. The van der Waals surface area contributed by atoms with Crippen molar-refractivity contribution < 1.29 is 4.57 Å². The SMILES string of the molecule is Clc1cc(/C=C2/Sc3cccc4c3N2CCC4)c2ccccc2[n+]1Cc1ccccc1. The molecule has 1 aromatic heterocycles. The van der Waals surface area contributed by atoms with Gasteiger partial charge in [-0.25, -0.2) is 0 Å². The van der Waals surface area contributed by atoms with E-state index in [0.29, 0.717) is 0 Å². The van der Waals surface area contributed by atoms with Crippen molar-refractivity contribution in [2.75, 3.05) is 11.4 Å². The van der Waals surface area contributed by atoms with Crippen LogP contribution in [0.4, 0.5) is 5.69 Å². The van der Waals surface area contributed by atoms with Crippen LogP contribution in [0.25, 0.3) is 17.0 Å². The first-order chi connectivity index (χ1) is 15.3. The maximum absolute atomic E-state index is 6.85. The molecular weight excluding hydrogens is 420 g/mol. The number of fused-ring (bicyclic) bond motifs is 1. The second-order valence-electron chi connectivity index (χ2n) is 8.12.